The molecule has 0 spiro atoms. The van der Waals surface area contributed by atoms with Crippen molar-refractivity contribution in [3.8, 4) is 0 Å². The van der Waals surface area contributed by atoms with E-state index in [1.807, 2.05) is 6.92 Å². The number of Topliss-reactive ketones (excluding diaryl/α,β-unsaturated/α-hetero) is 3. The van der Waals surface area contributed by atoms with Crippen LogP contribution in [0.15, 0.2) is 0 Å². The van der Waals surface area contributed by atoms with E-state index in [1.54, 1.807) is 0 Å². The SMILES string of the molecule is CC(=O)OCC(=O)[C@@]1(O)CC[C@@H]2[C@@H]3CC[C@@H]4CC(=O)CC[C@]4(C)[C@H]3C(=O)C[C@@]21C. The Bertz CT molecular complexity index is 773. The molecule has 4 aliphatic rings. The van der Waals surface area contributed by atoms with Crippen LogP contribution in [-0.2, 0) is 23.9 Å². The van der Waals surface area contributed by atoms with E-state index in [0.717, 1.165) is 19.3 Å². The number of esters is 1. The summed E-state index contributed by atoms with van der Waals surface area (Å²) in [6.45, 7) is 4.86. The molecule has 6 heteroatoms. The van der Waals surface area contributed by atoms with E-state index in [4.69, 9.17) is 4.74 Å². The highest BCUT2D eigenvalue weighted by Gasteiger charge is 2.69. The number of carbonyl (C=O) groups excluding carboxylic acids is 4. The second-order valence-electron chi connectivity index (χ2n) is 10.4. The summed E-state index contributed by atoms with van der Waals surface area (Å²) in [6.07, 6.45) is 4.90. The molecule has 4 saturated carbocycles. The Balaban J connectivity index is 1.64. The lowest BCUT2D eigenvalue weighted by Crippen LogP contribution is -2.62. The fourth-order valence-corrected chi connectivity index (χ4v) is 7.61. The first kappa shape index (κ1) is 20.7. The first-order valence-corrected chi connectivity index (χ1v) is 11.0. The predicted molar refractivity (Wildman–Crippen MR) is 104 cm³/mol. The Morgan fingerprint density at radius 1 is 1.14 bits per heavy atom. The Kier molecular flexibility index (Phi) is 4.80. The molecule has 0 aromatic carbocycles. The Hall–Kier alpha value is -1.56. The monoisotopic (exact) mass is 404 g/mol. The molecule has 1 N–H and O–H groups in total. The summed E-state index contributed by atoms with van der Waals surface area (Å²) >= 11 is 0. The van der Waals surface area contributed by atoms with Gasteiger partial charge in [0, 0.05) is 37.5 Å². The third kappa shape index (κ3) is 2.85. The van der Waals surface area contributed by atoms with Crippen LogP contribution >= 0.6 is 0 Å². The summed E-state index contributed by atoms with van der Waals surface area (Å²) in [5, 5.41) is 11.4. The number of rotatable bonds is 3. The van der Waals surface area contributed by atoms with Gasteiger partial charge in [-0.05, 0) is 55.3 Å². The van der Waals surface area contributed by atoms with Crippen LogP contribution in [0.2, 0.25) is 0 Å². The summed E-state index contributed by atoms with van der Waals surface area (Å²) in [5.41, 5.74) is -2.61. The maximum atomic E-state index is 13.5. The smallest absolute Gasteiger partial charge is 0.303 e. The number of ketones is 3. The van der Waals surface area contributed by atoms with E-state index in [0.29, 0.717) is 31.5 Å². The van der Waals surface area contributed by atoms with Gasteiger partial charge in [0.05, 0.1) is 0 Å². The van der Waals surface area contributed by atoms with Crippen molar-refractivity contribution in [1.82, 2.24) is 0 Å². The van der Waals surface area contributed by atoms with Crippen molar-refractivity contribution in [2.45, 2.75) is 77.7 Å². The van der Waals surface area contributed by atoms with Crippen molar-refractivity contribution in [2.24, 2.45) is 34.5 Å². The van der Waals surface area contributed by atoms with Crippen LogP contribution in [0.25, 0.3) is 0 Å². The lowest BCUT2D eigenvalue weighted by atomic mass is 9.44. The zero-order valence-corrected chi connectivity index (χ0v) is 17.7. The molecule has 4 aliphatic carbocycles. The van der Waals surface area contributed by atoms with Crippen molar-refractivity contribution >= 4 is 23.3 Å². The second-order valence-corrected chi connectivity index (χ2v) is 10.4. The summed E-state index contributed by atoms with van der Waals surface area (Å²) < 4.78 is 4.87. The maximum Gasteiger partial charge on any atom is 0.303 e. The summed E-state index contributed by atoms with van der Waals surface area (Å²) in [5.74, 6) is -0.187. The van der Waals surface area contributed by atoms with Gasteiger partial charge in [-0.1, -0.05) is 13.8 Å². The molecule has 4 rings (SSSR count). The summed E-state index contributed by atoms with van der Waals surface area (Å²) in [6, 6.07) is 0. The Morgan fingerprint density at radius 3 is 2.55 bits per heavy atom. The van der Waals surface area contributed by atoms with Crippen LogP contribution < -0.4 is 0 Å². The molecule has 4 fully saturated rings. The van der Waals surface area contributed by atoms with Crippen molar-refractivity contribution in [3.63, 3.8) is 0 Å². The summed E-state index contributed by atoms with van der Waals surface area (Å²) in [4.78, 5) is 49.5. The van der Waals surface area contributed by atoms with Gasteiger partial charge in [-0.15, -0.1) is 0 Å². The molecule has 0 aromatic heterocycles. The molecule has 0 unspecified atom stereocenters. The van der Waals surface area contributed by atoms with E-state index in [-0.39, 0.29) is 41.3 Å². The zero-order valence-electron chi connectivity index (χ0n) is 17.7. The van der Waals surface area contributed by atoms with Crippen LogP contribution in [0.4, 0.5) is 0 Å². The highest BCUT2D eigenvalue weighted by molar-refractivity contribution is 5.93. The molecule has 0 saturated heterocycles. The van der Waals surface area contributed by atoms with Crippen molar-refractivity contribution in [1.29, 1.82) is 0 Å². The van der Waals surface area contributed by atoms with Crippen LogP contribution in [0, 0.1) is 34.5 Å². The maximum absolute atomic E-state index is 13.5. The van der Waals surface area contributed by atoms with Crippen LogP contribution in [0.5, 0.6) is 0 Å². The quantitative estimate of drug-likeness (QED) is 0.726. The van der Waals surface area contributed by atoms with Gasteiger partial charge in [-0.3, -0.25) is 19.2 Å². The van der Waals surface area contributed by atoms with Crippen LogP contribution in [-0.4, -0.2) is 40.6 Å². The van der Waals surface area contributed by atoms with Crippen molar-refractivity contribution < 1.29 is 29.0 Å². The number of hydrogen-bond acceptors (Lipinski definition) is 6. The van der Waals surface area contributed by atoms with Gasteiger partial charge in [0.2, 0.25) is 5.78 Å². The fraction of sp³-hybridized carbons (Fsp3) is 0.826. The Morgan fingerprint density at radius 2 is 1.86 bits per heavy atom. The first-order chi connectivity index (χ1) is 13.5. The van der Waals surface area contributed by atoms with Crippen LogP contribution in [0.3, 0.4) is 0 Å². The number of hydrogen-bond donors (Lipinski definition) is 1. The third-order valence-corrected chi connectivity index (χ3v) is 9.19. The highest BCUT2D eigenvalue weighted by atomic mass is 16.5. The largest absolute Gasteiger partial charge is 0.458 e. The third-order valence-electron chi connectivity index (χ3n) is 9.19. The minimum Gasteiger partial charge on any atom is -0.458 e. The van der Waals surface area contributed by atoms with E-state index >= 15 is 0 Å². The number of fused-ring (bicyclic) bond motifs is 5. The topological polar surface area (TPSA) is 97.7 Å². The van der Waals surface area contributed by atoms with E-state index < -0.39 is 29.4 Å². The lowest BCUT2D eigenvalue weighted by molar-refractivity contribution is -0.180. The summed E-state index contributed by atoms with van der Waals surface area (Å²) in [7, 11) is 0. The van der Waals surface area contributed by atoms with E-state index in [9.17, 15) is 24.3 Å². The van der Waals surface area contributed by atoms with Gasteiger partial charge in [-0.25, -0.2) is 0 Å². The minimum absolute atomic E-state index is 0.0849. The van der Waals surface area contributed by atoms with Gasteiger partial charge >= 0.3 is 5.97 Å². The highest BCUT2D eigenvalue weighted by Crippen LogP contribution is 2.67. The van der Waals surface area contributed by atoms with Gasteiger partial charge in [0.25, 0.3) is 0 Å². The van der Waals surface area contributed by atoms with Gasteiger partial charge in [-0.2, -0.15) is 0 Å². The molecule has 0 bridgehead atoms. The molecule has 0 aromatic rings. The molecule has 0 heterocycles. The van der Waals surface area contributed by atoms with E-state index in [1.165, 1.54) is 6.92 Å². The first-order valence-electron chi connectivity index (χ1n) is 11.0. The lowest BCUT2D eigenvalue weighted by Gasteiger charge is -2.59. The number of aliphatic hydroxyl groups is 1. The molecule has 6 nitrogen and oxygen atoms in total. The van der Waals surface area contributed by atoms with Crippen molar-refractivity contribution in [2.75, 3.05) is 6.61 Å². The minimum atomic E-state index is -1.63. The normalized spacial score (nSPS) is 46.5. The number of carbonyl (C=O) groups is 4. The molecule has 0 radical (unpaired) electrons. The predicted octanol–water partition coefficient (Wildman–Crippen LogP) is 2.64. The molecule has 160 valence electrons. The fourth-order valence-electron chi connectivity index (χ4n) is 7.61. The average molecular weight is 405 g/mol. The van der Waals surface area contributed by atoms with Crippen molar-refractivity contribution in [3.05, 3.63) is 0 Å². The zero-order chi connectivity index (χ0) is 21.2. The molecule has 0 amide bonds. The van der Waals surface area contributed by atoms with Gasteiger partial charge in [0.1, 0.15) is 17.2 Å². The molecule has 7 atom stereocenters. The number of ether oxygens (including phenoxy) is 1. The van der Waals surface area contributed by atoms with E-state index in [2.05, 4.69) is 6.92 Å². The molecule has 0 aliphatic heterocycles. The second kappa shape index (κ2) is 6.73. The average Bonchev–Trinajstić information content (AvgIpc) is 2.91. The Labute approximate surface area is 171 Å². The molecule has 29 heavy (non-hydrogen) atoms. The van der Waals surface area contributed by atoms with Crippen LogP contribution in [0.1, 0.15) is 72.1 Å². The molecular formula is C23H32O6. The molecular weight excluding hydrogens is 372 g/mol. The van der Waals surface area contributed by atoms with Gasteiger partial charge in [0.15, 0.2) is 6.61 Å². The van der Waals surface area contributed by atoms with Gasteiger partial charge < -0.3 is 9.84 Å². The standard InChI is InChI=1S/C23H32O6/c1-13(24)29-12-19(27)23(28)9-7-17-16-5-4-14-10-15(25)6-8-21(14,2)20(16)18(26)11-22(17,23)3/h14,16-17,20,28H,4-12H2,1-3H3/t14-,16+,17-,20-,21+,22+,23+/m1/s1.